The zero-order chi connectivity index (χ0) is 17.6. The Labute approximate surface area is 142 Å². The minimum absolute atomic E-state index is 0.0747. The van der Waals surface area contributed by atoms with Gasteiger partial charge in [0.2, 0.25) is 0 Å². The molecular weight excluding hydrogens is 312 g/mol. The highest BCUT2D eigenvalue weighted by molar-refractivity contribution is 5.68. The van der Waals surface area contributed by atoms with Gasteiger partial charge in [0.05, 0.1) is 12.2 Å². The number of carbonyl (C=O) groups excluding carboxylic acids is 2. The second-order valence-electron chi connectivity index (χ2n) is 8.42. The fraction of sp³-hybridized carbons (Fsp3) is 0.889. The second kappa shape index (κ2) is 4.73. The molecule has 4 rings (SSSR count). The summed E-state index contributed by atoms with van der Waals surface area (Å²) in [7, 11) is 0. The molecule has 4 saturated heterocycles. The predicted octanol–water partition coefficient (Wildman–Crippen LogP) is 1.70. The summed E-state index contributed by atoms with van der Waals surface area (Å²) in [5.74, 6) is 0.242. The van der Waals surface area contributed by atoms with Crippen LogP contribution < -0.4 is 0 Å². The number of esters is 2. The molecule has 4 bridgehead atoms. The Balaban J connectivity index is 1.77. The zero-order valence-corrected chi connectivity index (χ0v) is 15.1. The van der Waals surface area contributed by atoms with Crippen molar-refractivity contribution in [3.05, 3.63) is 0 Å². The summed E-state index contributed by atoms with van der Waals surface area (Å²) >= 11 is 0. The van der Waals surface area contributed by atoms with Crippen LogP contribution in [0.1, 0.15) is 41.5 Å². The number of hydrogen-bond acceptors (Lipinski definition) is 6. The lowest BCUT2D eigenvalue weighted by atomic mass is 9.52. The maximum Gasteiger partial charge on any atom is 0.303 e. The van der Waals surface area contributed by atoms with Gasteiger partial charge in [-0.3, -0.25) is 9.59 Å². The Hall–Kier alpha value is -1.14. The van der Waals surface area contributed by atoms with Crippen molar-refractivity contribution in [3.63, 3.8) is 0 Å². The van der Waals surface area contributed by atoms with Crippen molar-refractivity contribution < 1.29 is 28.5 Å². The molecule has 0 aromatic carbocycles. The first-order valence-electron chi connectivity index (χ1n) is 8.80. The molecule has 6 heteroatoms. The van der Waals surface area contributed by atoms with Gasteiger partial charge in [0, 0.05) is 25.2 Å². The Bertz CT molecular complexity index is 604. The lowest BCUT2D eigenvalue weighted by Gasteiger charge is -2.51. The topological polar surface area (TPSA) is 71.1 Å². The van der Waals surface area contributed by atoms with E-state index in [4.69, 9.17) is 18.9 Å². The molecule has 4 heterocycles. The van der Waals surface area contributed by atoms with Gasteiger partial charge in [-0.1, -0.05) is 20.8 Å². The summed E-state index contributed by atoms with van der Waals surface area (Å²) in [5.41, 5.74) is -1.22. The van der Waals surface area contributed by atoms with Crippen LogP contribution in [0.3, 0.4) is 0 Å². The smallest absolute Gasteiger partial charge is 0.303 e. The standard InChI is InChI=1S/C18H26O6/c1-7-8(2)14-17(5)11(12(7)22-14)13-15(21-9(3)19)18(6,16(17)23-13)24-10(4)20/h7-8,11-16H,1-6H3. The summed E-state index contributed by atoms with van der Waals surface area (Å²) < 4.78 is 23.9. The third-order valence-corrected chi connectivity index (χ3v) is 7.07. The maximum atomic E-state index is 11.7. The number of ether oxygens (including phenoxy) is 4. The van der Waals surface area contributed by atoms with Crippen LogP contribution in [0.2, 0.25) is 0 Å². The first-order valence-corrected chi connectivity index (χ1v) is 8.80. The van der Waals surface area contributed by atoms with E-state index in [1.54, 1.807) is 0 Å². The van der Waals surface area contributed by atoms with Crippen LogP contribution in [0.4, 0.5) is 0 Å². The Morgan fingerprint density at radius 1 is 0.958 bits per heavy atom. The summed E-state index contributed by atoms with van der Waals surface area (Å²) in [6.45, 7) is 11.2. The highest BCUT2D eigenvalue weighted by Gasteiger charge is 2.81. The molecular formula is C18H26O6. The van der Waals surface area contributed by atoms with Gasteiger partial charge in [-0.15, -0.1) is 0 Å². The molecule has 0 spiro atoms. The average Bonchev–Trinajstić information content (AvgIpc) is 3.09. The zero-order valence-electron chi connectivity index (χ0n) is 15.1. The molecule has 10 atom stereocenters. The molecule has 4 aliphatic rings. The molecule has 0 N–H and O–H groups in total. The Kier molecular flexibility index (Phi) is 3.22. The van der Waals surface area contributed by atoms with Gasteiger partial charge in [0.25, 0.3) is 0 Å². The monoisotopic (exact) mass is 338 g/mol. The highest BCUT2D eigenvalue weighted by Crippen LogP contribution is 2.69. The fourth-order valence-corrected chi connectivity index (χ4v) is 6.19. The van der Waals surface area contributed by atoms with Gasteiger partial charge in [-0.25, -0.2) is 0 Å². The van der Waals surface area contributed by atoms with Gasteiger partial charge in [0.15, 0.2) is 11.7 Å². The van der Waals surface area contributed by atoms with Gasteiger partial charge in [0.1, 0.15) is 12.2 Å². The lowest BCUT2D eigenvalue weighted by Crippen LogP contribution is -2.66. The molecule has 0 saturated carbocycles. The van der Waals surface area contributed by atoms with Gasteiger partial charge in [-0.2, -0.15) is 0 Å². The number of hydrogen-bond donors (Lipinski definition) is 0. The van der Waals surface area contributed by atoms with Crippen molar-refractivity contribution in [2.75, 3.05) is 0 Å². The van der Waals surface area contributed by atoms with Gasteiger partial charge < -0.3 is 18.9 Å². The predicted molar refractivity (Wildman–Crippen MR) is 83.0 cm³/mol. The molecule has 10 unspecified atom stereocenters. The lowest BCUT2D eigenvalue weighted by molar-refractivity contribution is -0.197. The maximum absolute atomic E-state index is 11.7. The molecule has 0 amide bonds. The Morgan fingerprint density at radius 2 is 1.62 bits per heavy atom. The molecule has 0 aliphatic carbocycles. The summed E-state index contributed by atoms with van der Waals surface area (Å²) in [6, 6.07) is 0. The molecule has 4 aliphatic heterocycles. The third kappa shape index (κ3) is 1.69. The normalized spacial score (nSPS) is 57.1. The summed E-state index contributed by atoms with van der Waals surface area (Å²) in [4.78, 5) is 23.4. The van der Waals surface area contributed by atoms with E-state index in [-0.39, 0.29) is 41.7 Å². The minimum Gasteiger partial charge on any atom is -0.455 e. The van der Waals surface area contributed by atoms with E-state index in [2.05, 4.69) is 20.8 Å². The molecule has 24 heavy (non-hydrogen) atoms. The first kappa shape index (κ1) is 16.3. The van der Waals surface area contributed by atoms with Gasteiger partial charge >= 0.3 is 11.9 Å². The van der Waals surface area contributed by atoms with Gasteiger partial charge in [-0.05, 0) is 18.8 Å². The second-order valence-corrected chi connectivity index (χ2v) is 8.42. The van der Waals surface area contributed by atoms with E-state index in [9.17, 15) is 9.59 Å². The molecule has 6 nitrogen and oxygen atoms in total. The molecule has 0 aromatic heterocycles. The van der Waals surface area contributed by atoms with E-state index >= 15 is 0 Å². The summed E-state index contributed by atoms with van der Waals surface area (Å²) in [5, 5.41) is 0. The van der Waals surface area contributed by atoms with Crippen LogP contribution in [0, 0.1) is 23.2 Å². The quantitative estimate of drug-likeness (QED) is 0.714. The van der Waals surface area contributed by atoms with Crippen LogP contribution in [0.15, 0.2) is 0 Å². The van der Waals surface area contributed by atoms with Crippen molar-refractivity contribution in [3.8, 4) is 0 Å². The van der Waals surface area contributed by atoms with Crippen molar-refractivity contribution in [2.45, 2.75) is 77.7 Å². The van der Waals surface area contributed by atoms with Crippen LogP contribution in [-0.4, -0.2) is 48.1 Å². The van der Waals surface area contributed by atoms with Crippen LogP contribution in [0.5, 0.6) is 0 Å². The fourth-order valence-electron chi connectivity index (χ4n) is 6.19. The number of carbonyl (C=O) groups is 2. The highest BCUT2D eigenvalue weighted by atomic mass is 16.7. The van der Waals surface area contributed by atoms with Crippen molar-refractivity contribution in [1.29, 1.82) is 0 Å². The van der Waals surface area contributed by atoms with Crippen molar-refractivity contribution >= 4 is 11.9 Å². The van der Waals surface area contributed by atoms with Crippen LogP contribution >= 0.6 is 0 Å². The largest absolute Gasteiger partial charge is 0.455 e. The number of rotatable bonds is 2. The summed E-state index contributed by atoms with van der Waals surface area (Å²) in [6.07, 6.45) is -1.04. The number of fused-ring (bicyclic) bond motifs is 9. The van der Waals surface area contributed by atoms with E-state index in [0.29, 0.717) is 11.8 Å². The molecule has 134 valence electrons. The van der Waals surface area contributed by atoms with Crippen LogP contribution in [-0.2, 0) is 28.5 Å². The van der Waals surface area contributed by atoms with E-state index in [1.165, 1.54) is 13.8 Å². The minimum atomic E-state index is -0.982. The third-order valence-electron chi connectivity index (χ3n) is 7.07. The molecule has 4 fully saturated rings. The van der Waals surface area contributed by atoms with Crippen LogP contribution in [0.25, 0.3) is 0 Å². The molecule has 0 radical (unpaired) electrons. The average molecular weight is 338 g/mol. The molecule has 0 aromatic rings. The van der Waals surface area contributed by atoms with Crippen molar-refractivity contribution in [2.24, 2.45) is 23.2 Å². The Morgan fingerprint density at radius 3 is 2.21 bits per heavy atom. The van der Waals surface area contributed by atoms with Crippen molar-refractivity contribution in [1.82, 2.24) is 0 Å². The van der Waals surface area contributed by atoms with E-state index < -0.39 is 17.7 Å². The first-order chi connectivity index (χ1) is 11.1. The van der Waals surface area contributed by atoms with E-state index in [1.807, 2.05) is 6.92 Å². The SMILES string of the molecule is CC(=O)OC1C2OC(C1(C)OC(C)=O)C1(C)C3OC(C(C)C3C)C21. The van der Waals surface area contributed by atoms with E-state index in [0.717, 1.165) is 0 Å².